The largest absolute Gasteiger partial charge is 0.325 e. The molecule has 2 fully saturated rings. The molecular weight excluding hydrogens is 232 g/mol. The number of urea groups is 1. The van der Waals surface area contributed by atoms with Gasteiger partial charge in [-0.15, -0.1) is 0 Å². The number of hydrogen-bond donors (Lipinski definition) is 2. The van der Waals surface area contributed by atoms with Crippen molar-refractivity contribution in [2.45, 2.75) is 18.5 Å². The Kier molecular flexibility index (Phi) is 2.52. The summed E-state index contributed by atoms with van der Waals surface area (Å²) in [6, 6.07) is 3.30. The zero-order valence-electron chi connectivity index (χ0n) is 9.85. The lowest BCUT2D eigenvalue weighted by molar-refractivity contribution is -0.131. The van der Waals surface area contributed by atoms with Crippen molar-refractivity contribution in [3.8, 4) is 0 Å². The first-order valence-corrected chi connectivity index (χ1v) is 5.95. The standard InChI is InChI=1S/C12H14N4O2/c17-10-12(3-6-14-8-12)15-11(18)16(10)7-9-1-4-13-5-2-9/h1-2,4-5,14H,3,6-8H2,(H,15,18). The molecule has 1 unspecified atom stereocenters. The first kappa shape index (κ1) is 11.2. The van der Waals surface area contributed by atoms with Crippen LogP contribution in [0.5, 0.6) is 0 Å². The molecule has 0 saturated carbocycles. The summed E-state index contributed by atoms with van der Waals surface area (Å²) in [5.74, 6) is -0.130. The fourth-order valence-electron chi connectivity index (χ4n) is 2.47. The minimum Gasteiger partial charge on any atom is -0.322 e. The van der Waals surface area contributed by atoms with E-state index < -0.39 is 5.54 Å². The van der Waals surface area contributed by atoms with Gasteiger partial charge in [0.05, 0.1) is 6.54 Å². The molecule has 6 heteroatoms. The van der Waals surface area contributed by atoms with E-state index in [9.17, 15) is 9.59 Å². The molecule has 18 heavy (non-hydrogen) atoms. The van der Waals surface area contributed by atoms with Gasteiger partial charge in [0.2, 0.25) is 0 Å². The quantitative estimate of drug-likeness (QED) is 0.713. The number of hydrogen-bond acceptors (Lipinski definition) is 4. The molecular formula is C12H14N4O2. The van der Waals surface area contributed by atoms with E-state index in [1.807, 2.05) is 0 Å². The normalized spacial score (nSPS) is 27.0. The lowest BCUT2D eigenvalue weighted by atomic mass is 9.99. The second-order valence-corrected chi connectivity index (χ2v) is 4.69. The van der Waals surface area contributed by atoms with Crippen molar-refractivity contribution in [2.75, 3.05) is 13.1 Å². The minimum absolute atomic E-state index is 0.130. The van der Waals surface area contributed by atoms with Gasteiger partial charge in [0, 0.05) is 18.9 Å². The molecule has 6 nitrogen and oxygen atoms in total. The molecule has 2 N–H and O–H groups in total. The third-order valence-electron chi connectivity index (χ3n) is 3.49. The number of nitrogens with one attached hydrogen (secondary N) is 2. The van der Waals surface area contributed by atoms with E-state index in [4.69, 9.17) is 0 Å². The van der Waals surface area contributed by atoms with Crippen LogP contribution in [0.4, 0.5) is 4.79 Å². The predicted molar refractivity (Wildman–Crippen MR) is 63.5 cm³/mol. The van der Waals surface area contributed by atoms with Crippen molar-refractivity contribution in [3.63, 3.8) is 0 Å². The van der Waals surface area contributed by atoms with Crippen LogP contribution in [0.15, 0.2) is 24.5 Å². The molecule has 1 aromatic rings. The fourth-order valence-corrected chi connectivity index (χ4v) is 2.47. The van der Waals surface area contributed by atoms with Crippen LogP contribution in [0.25, 0.3) is 0 Å². The van der Waals surface area contributed by atoms with Crippen LogP contribution in [-0.2, 0) is 11.3 Å². The summed E-state index contributed by atoms with van der Waals surface area (Å²) in [6.45, 7) is 1.58. The first-order valence-electron chi connectivity index (χ1n) is 5.95. The van der Waals surface area contributed by atoms with E-state index in [1.165, 1.54) is 4.90 Å². The van der Waals surface area contributed by atoms with Gasteiger partial charge in [-0.3, -0.25) is 14.7 Å². The summed E-state index contributed by atoms with van der Waals surface area (Å²) < 4.78 is 0. The third-order valence-corrected chi connectivity index (χ3v) is 3.49. The molecule has 0 radical (unpaired) electrons. The number of rotatable bonds is 2. The summed E-state index contributed by atoms with van der Waals surface area (Å²) in [5.41, 5.74) is 0.181. The predicted octanol–water partition coefficient (Wildman–Crippen LogP) is -0.134. The molecule has 2 saturated heterocycles. The average molecular weight is 246 g/mol. The Hall–Kier alpha value is -1.95. The van der Waals surface area contributed by atoms with Crippen molar-refractivity contribution < 1.29 is 9.59 Å². The van der Waals surface area contributed by atoms with Crippen LogP contribution in [0.1, 0.15) is 12.0 Å². The Morgan fingerprint density at radius 3 is 2.78 bits per heavy atom. The Morgan fingerprint density at radius 1 is 1.33 bits per heavy atom. The van der Waals surface area contributed by atoms with Gasteiger partial charge in [-0.1, -0.05) is 0 Å². The van der Waals surface area contributed by atoms with E-state index in [2.05, 4.69) is 15.6 Å². The van der Waals surface area contributed by atoms with Gasteiger partial charge in [-0.2, -0.15) is 0 Å². The lowest BCUT2D eigenvalue weighted by Gasteiger charge is -2.19. The number of carbonyl (C=O) groups excluding carboxylic acids is 2. The highest BCUT2D eigenvalue weighted by atomic mass is 16.2. The highest BCUT2D eigenvalue weighted by molar-refractivity contribution is 6.07. The molecule has 1 atom stereocenters. The maximum absolute atomic E-state index is 12.3. The number of imide groups is 1. The molecule has 2 aliphatic heterocycles. The summed E-state index contributed by atoms with van der Waals surface area (Å²) in [5, 5.41) is 5.93. The van der Waals surface area contributed by atoms with Crippen molar-refractivity contribution in [1.29, 1.82) is 0 Å². The lowest BCUT2D eigenvalue weighted by Crippen LogP contribution is -2.48. The Morgan fingerprint density at radius 2 is 2.11 bits per heavy atom. The first-order chi connectivity index (χ1) is 8.71. The van der Waals surface area contributed by atoms with Crippen LogP contribution in [0.3, 0.4) is 0 Å². The van der Waals surface area contributed by atoms with Gasteiger partial charge in [0.25, 0.3) is 5.91 Å². The van der Waals surface area contributed by atoms with E-state index in [0.29, 0.717) is 19.5 Å². The van der Waals surface area contributed by atoms with Crippen LogP contribution in [0, 0.1) is 0 Å². The number of amides is 3. The summed E-state index contributed by atoms with van der Waals surface area (Å²) in [6.07, 6.45) is 3.96. The van der Waals surface area contributed by atoms with Crippen LogP contribution in [0.2, 0.25) is 0 Å². The molecule has 94 valence electrons. The van der Waals surface area contributed by atoms with E-state index in [1.54, 1.807) is 24.5 Å². The molecule has 1 spiro atoms. The molecule has 0 aromatic carbocycles. The Bertz CT molecular complexity index is 482. The van der Waals surface area contributed by atoms with E-state index in [-0.39, 0.29) is 11.9 Å². The van der Waals surface area contributed by atoms with Gasteiger partial charge in [0.1, 0.15) is 5.54 Å². The van der Waals surface area contributed by atoms with E-state index >= 15 is 0 Å². The average Bonchev–Trinajstić information content (AvgIpc) is 2.93. The van der Waals surface area contributed by atoms with Crippen LogP contribution >= 0.6 is 0 Å². The van der Waals surface area contributed by atoms with Crippen LogP contribution < -0.4 is 10.6 Å². The summed E-state index contributed by atoms with van der Waals surface area (Å²) in [4.78, 5) is 29.4. The molecule has 0 bridgehead atoms. The van der Waals surface area contributed by atoms with Crippen molar-refractivity contribution in [3.05, 3.63) is 30.1 Å². The number of aromatic nitrogens is 1. The smallest absolute Gasteiger partial charge is 0.322 e. The van der Waals surface area contributed by atoms with Gasteiger partial charge >= 0.3 is 6.03 Å². The third kappa shape index (κ3) is 1.65. The van der Waals surface area contributed by atoms with Crippen LogP contribution in [-0.4, -0.2) is 40.5 Å². The highest BCUT2D eigenvalue weighted by Gasteiger charge is 2.52. The zero-order chi connectivity index (χ0) is 12.6. The maximum atomic E-state index is 12.3. The van der Waals surface area contributed by atoms with Crippen molar-refractivity contribution in [1.82, 2.24) is 20.5 Å². The molecule has 1 aromatic heterocycles. The van der Waals surface area contributed by atoms with Gasteiger partial charge in [-0.05, 0) is 30.7 Å². The van der Waals surface area contributed by atoms with Gasteiger partial charge in [0.15, 0.2) is 0 Å². The Balaban J connectivity index is 1.81. The van der Waals surface area contributed by atoms with Gasteiger partial charge in [-0.25, -0.2) is 4.79 Å². The van der Waals surface area contributed by atoms with Gasteiger partial charge < -0.3 is 10.6 Å². The number of pyridine rings is 1. The second kappa shape index (κ2) is 4.06. The SMILES string of the molecule is O=C1NC2(CCNC2)C(=O)N1Cc1ccncc1. The van der Waals surface area contributed by atoms with Crippen molar-refractivity contribution in [2.24, 2.45) is 0 Å². The molecule has 3 rings (SSSR count). The molecule has 3 heterocycles. The molecule has 3 amide bonds. The zero-order valence-corrected chi connectivity index (χ0v) is 9.85. The minimum atomic E-state index is -0.718. The Labute approximate surface area is 104 Å². The maximum Gasteiger partial charge on any atom is 0.325 e. The monoisotopic (exact) mass is 246 g/mol. The molecule has 0 aliphatic carbocycles. The number of nitrogens with zero attached hydrogens (tertiary/aromatic N) is 2. The number of carbonyl (C=O) groups is 2. The van der Waals surface area contributed by atoms with Crippen molar-refractivity contribution >= 4 is 11.9 Å². The second-order valence-electron chi connectivity index (χ2n) is 4.69. The highest BCUT2D eigenvalue weighted by Crippen LogP contribution is 2.25. The topological polar surface area (TPSA) is 74.3 Å². The summed E-state index contributed by atoms with van der Waals surface area (Å²) >= 11 is 0. The van der Waals surface area contributed by atoms with E-state index in [0.717, 1.165) is 12.1 Å². The molecule has 2 aliphatic rings. The summed E-state index contributed by atoms with van der Waals surface area (Å²) in [7, 11) is 0. The fraction of sp³-hybridized carbons (Fsp3) is 0.417.